The molecule has 0 aliphatic rings. The summed E-state index contributed by atoms with van der Waals surface area (Å²) in [5.41, 5.74) is 1.06. The molecule has 1 aromatic carbocycles. The van der Waals surface area contributed by atoms with Crippen molar-refractivity contribution in [2.45, 2.75) is 0 Å². The number of aldehydes is 1. The molecule has 3 nitrogen and oxygen atoms in total. The molecule has 1 aromatic heterocycles. The fraction of sp³-hybridized carbons (Fsp3) is 0. The van der Waals surface area contributed by atoms with E-state index in [0.29, 0.717) is 22.4 Å². The van der Waals surface area contributed by atoms with Crippen LogP contribution < -0.4 is 0 Å². The molecule has 60 valence electrons. The monoisotopic (exact) mass is 181 g/mol. The lowest BCUT2D eigenvalue weighted by Crippen LogP contribution is -1.74. The van der Waals surface area contributed by atoms with Gasteiger partial charge in [0, 0.05) is 0 Å². The molecule has 0 N–H and O–H groups in total. The van der Waals surface area contributed by atoms with Crippen LogP contribution in [0.1, 0.15) is 10.7 Å². The number of halogens is 1. The van der Waals surface area contributed by atoms with Crippen LogP contribution in [0.15, 0.2) is 22.6 Å². The molecule has 0 radical (unpaired) electrons. The van der Waals surface area contributed by atoms with Crippen molar-refractivity contribution in [1.82, 2.24) is 4.98 Å². The molecule has 0 spiro atoms. The molecule has 2 aromatic rings. The first-order valence-corrected chi connectivity index (χ1v) is 3.69. The molecule has 12 heavy (non-hydrogen) atoms. The Kier molecular flexibility index (Phi) is 1.59. The summed E-state index contributed by atoms with van der Waals surface area (Å²) < 4.78 is 5.04. The van der Waals surface area contributed by atoms with Crippen molar-refractivity contribution in [1.29, 1.82) is 0 Å². The smallest absolute Gasteiger partial charge is 0.260 e. The molecule has 0 aliphatic heterocycles. The van der Waals surface area contributed by atoms with Crippen molar-refractivity contribution in [3.05, 3.63) is 29.1 Å². The van der Waals surface area contributed by atoms with Crippen molar-refractivity contribution in [2.75, 3.05) is 0 Å². The second kappa shape index (κ2) is 2.60. The van der Waals surface area contributed by atoms with Gasteiger partial charge in [-0.2, -0.15) is 0 Å². The maximum absolute atomic E-state index is 10.3. The highest BCUT2D eigenvalue weighted by molar-refractivity contribution is 6.34. The van der Waals surface area contributed by atoms with E-state index in [1.54, 1.807) is 18.2 Å². The summed E-state index contributed by atoms with van der Waals surface area (Å²) in [6.07, 6.45) is 0.552. The van der Waals surface area contributed by atoms with E-state index in [1.165, 1.54) is 0 Å². The highest BCUT2D eigenvalue weighted by Crippen LogP contribution is 2.22. The van der Waals surface area contributed by atoms with Crippen molar-refractivity contribution in [2.24, 2.45) is 0 Å². The highest BCUT2D eigenvalue weighted by Gasteiger charge is 2.06. The van der Waals surface area contributed by atoms with Crippen molar-refractivity contribution in [3.63, 3.8) is 0 Å². The third-order valence-electron chi connectivity index (χ3n) is 1.48. The van der Waals surface area contributed by atoms with Crippen LogP contribution >= 0.6 is 11.6 Å². The van der Waals surface area contributed by atoms with Crippen LogP contribution in [0.2, 0.25) is 5.02 Å². The standard InChI is InChI=1S/C8H4ClNO2/c9-5-2-1-3-6-8(5)12-7(4-11)10-6/h1-4H. The maximum Gasteiger partial charge on any atom is 0.260 e. The Bertz CT molecular complexity index is 436. The minimum atomic E-state index is 0.0538. The van der Waals surface area contributed by atoms with Gasteiger partial charge in [-0.1, -0.05) is 17.7 Å². The molecule has 0 fully saturated rings. The van der Waals surface area contributed by atoms with Gasteiger partial charge >= 0.3 is 0 Å². The molecule has 1 heterocycles. The molecule has 0 saturated carbocycles. The summed E-state index contributed by atoms with van der Waals surface area (Å²) in [5.74, 6) is 0.0538. The SMILES string of the molecule is O=Cc1nc2cccc(Cl)c2o1. The lowest BCUT2D eigenvalue weighted by molar-refractivity contribution is 0.109. The topological polar surface area (TPSA) is 43.1 Å². The maximum atomic E-state index is 10.3. The third-order valence-corrected chi connectivity index (χ3v) is 1.78. The Labute approximate surface area is 73.0 Å². The summed E-state index contributed by atoms with van der Waals surface area (Å²) in [6.45, 7) is 0. The zero-order valence-electron chi connectivity index (χ0n) is 5.95. The predicted octanol–water partition coefficient (Wildman–Crippen LogP) is 2.29. The molecule has 0 amide bonds. The highest BCUT2D eigenvalue weighted by atomic mass is 35.5. The minimum absolute atomic E-state index is 0.0538. The minimum Gasteiger partial charge on any atom is -0.432 e. The zero-order chi connectivity index (χ0) is 8.55. The van der Waals surface area contributed by atoms with Gasteiger partial charge in [0.05, 0.1) is 5.02 Å². The van der Waals surface area contributed by atoms with Crippen LogP contribution in [0.5, 0.6) is 0 Å². The fourth-order valence-electron chi connectivity index (χ4n) is 0.983. The molecule has 0 atom stereocenters. The van der Waals surface area contributed by atoms with Crippen molar-refractivity contribution in [3.8, 4) is 0 Å². The summed E-state index contributed by atoms with van der Waals surface area (Å²) in [5, 5.41) is 0.466. The van der Waals surface area contributed by atoms with Crippen molar-refractivity contribution >= 4 is 29.0 Å². The normalized spacial score (nSPS) is 10.4. The Morgan fingerprint density at radius 3 is 3.00 bits per heavy atom. The number of oxazole rings is 1. The summed E-state index contributed by atoms with van der Waals surface area (Å²) >= 11 is 5.78. The Balaban J connectivity index is 2.82. The van der Waals surface area contributed by atoms with E-state index in [4.69, 9.17) is 16.0 Å². The van der Waals surface area contributed by atoms with Gasteiger partial charge in [-0.25, -0.2) is 4.98 Å². The van der Waals surface area contributed by atoms with E-state index >= 15 is 0 Å². The van der Waals surface area contributed by atoms with Gasteiger partial charge in [-0.3, -0.25) is 4.79 Å². The number of hydrogen-bond acceptors (Lipinski definition) is 3. The predicted molar refractivity (Wildman–Crippen MR) is 44.4 cm³/mol. The number of nitrogens with zero attached hydrogens (tertiary/aromatic N) is 1. The largest absolute Gasteiger partial charge is 0.432 e. The first kappa shape index (κ1) is 7.31. The number of aromatic nitrogens is 1. The van der Waals surface area contributed by atoms with E-state index < -0.39 is 0 Å². The summed E-state index contributed by atoms with van der Waals surface area (Å²) in [6, 6.07) is 5.17. The Morgan fingerprint density at radius 1 is 1.50 bits per heavy atom. The molecular formula is C8H4ClNO2. The van der Waals surface area contributed by atoms with Crippen LogP contribution in [0.4, 0.5) is 0 Å². The molecule has 0 aliphatic carbocycles. The van der Waals surface area contributed by atoms with Gasteiger partial charge in [-0.15, -0.1) is 0 Å². The quantitative estimate of drug-likeness (QED) is 0.634. The average Bonchev–Trinajstić information content (AvgIpc) is 2.49. The molecule has 0 saturated heterocycles. The van der Waals surface area contributed by atoms with Gasteiger partial charge in [0.1, 0.15) is 5.52 Å². The van der Waals surface area contributed by atoms with E-state index in [-0.39, 0.29) is 5.89 Å². The lowest BCUT2D eigenvalue weighted by Gasteiger charge is -1.86. The van der Waals surface area contributed by atoms with Gasteiger partial charge in [-0.05, 0) is 12.1 Å². The van der Waals surface area contributed by atoms with Crippen LogP contribution in [0.3, 0.4) is 0 Å². The Hall–Kier alpha value is -1.35. The second-order valence-corrected chi connectivity index (χ2v) is 2.67. The number of carbonyl (C=O) groups is 1. The lowest BCUT2D eigenvalue weighted by atomic mass is 10.3. The van der Waals surface area contributed by atoms with E-state index in [1.807, 2.05) is 0 Å². The zero-order valence-corrected chi connectivity index (χ0v) is 6.71. The van der Waals surface area contributed by atoms with Crippen LogP contribution in [0.25, 0.3) is 11.1 Å². The molecule has 2 rings (SSSR count). The van der Waals surface area contributed by atoms with Crippen LogP contribution in [0, 0.1) is 0 Å². The van der Waals surface area contributed by atoms with E-state index in [2.05, 4.69) is 4.98 Å². The van der Waals surface area contributed by atoms with Crippen LogP contribution in [-0.4, -0.2) is 11.3 Å². The molecule has 4 heteroatoms. The number of hydrogen-bond donors (Lipinski definition) is 0. The second-order valence-electron chi connectivity index (χ2n) is 2.26. The first-order valence-electron chi connectivity index (χ1n) is 3.31. The molecule has 0 bridgehead atoms. The molecular weight excluding hydrogens is 178 g/mol. The number of fused-ring (bicyclic) bond motifs is 1. The van der Waals surface area contributed by atoms with Crippen molar-refractivity contribution < 1.29 is 9.21 Å². The van der Waals surface area contributed by atoms with Gasteiger partial charge < -0.3 is 4.42 Å². The van der Waals surface area contributed by atoms with E-state index in [0.717, 1.165) is 0 Å². The van der Waals surface area contributed by atoms with E-state index in [9.17, 15) is 4.79 Å². The number of rotatable bonds is 1. The fourth-order valence-corrected chi connectivity index (χ4v) is 1.19. The number of para-hydroxylation sites is 1. The van der Waals surface area contributed by atoms with Crippen LogP contribution in [-0.2, 0) is 0 Å². The van der Waals surface area contributed by atoms with Gasteiger partial charge in [0.2, 0.25) is 6.29 Å². The number of carbonyl (C=O) groups excluding carboxylic acids is 1. The van der Waals surface area contributed by atoms with Gasteiger partial charge in [0.15, 0.2) is 5.58 Å². The first-order chi connectivity index (χ1) is 5.81. The summed E-state index contributed by atoms with van der Waals surface area (Å²) in [7, 11) is 0. The Morgan fingerprint density at radius 2 is 2.33 bits per heavy atom. The van der Waals surface area contributed by atoms with Gasteiger partial charge in [0.25, 0.3) is 5.89 Å². The molecule has 0 unspecified atom stereocenters. The summed E-state index contributed by atoms with van der Waals surface area (Å²) in [4.78, 5) is 14.2. The third kappa shape index (κ3) is 0.987. The number of benzene rings is 1. The average molecular weight is 182 g/mol.